The standard InChI is InChI=1S/C21H21NO5/c1-21(2,3)27-20(24)22-17-10-9-14(25-4)12-15(17)16-11-13-7-5-6-8-18(13)26-19(16)23/h5-12H,1-4H3,(H,22,24). The zero-order chi connectivity index (χ0) is 19.6. The normalized spacial score (nSPS) is 11.3. The molecule has 0 atom stereocenters. The van der Waals surface area contributed by atoms with E-state index in [-0.39, 0.29) is 0 Å². The van der Waals surface area contributed by atoms with Crippen molar-refractivity contribution < 1.29 is 18.7 Å². The number of anilines is 1. The maximum atomic E-state index is 12.5. The van der Waals surface area contributed by atoms with Crippen LogP contribution in [-0.2, 0) is 4.74 Å². The zero-order valence-corrected chi connectivity index (χ0v) is 15.7. The van der Waals surface area contributed by atoms with E-state index in [1.807, 2.05) is 12.1 Å². The molecule has 3 aromatic rings. The molecule has 1 amide bonds. The summed E-state index contributed by atoms with van der Waals surface area (Å²) in [5.41, 5.74) is 0.578. The molecule has 0 saturated heterocycles. The van der Waals surface area contributed by atoms with Crippen LogP contribution < -0.4 is 15.7 Å². The van der Waals surface area contributed by atoms with E-state index in [9.17, 15) is 9.59 Å². The number of fused-ring (bicyclic) bond motifs is 1. The number of amides is 1. The second kappa shape index (κ2) is 7.15. The minimum atomic E-state index is -0.640. The smallest absolute Gasteiger partial charge is 0.412 e. The van der Waals surface area contributed by atoms with Gasteiger partial charge in [-0.3, -0.25) is 5.32 Å². The van der Waals surface area contributed by atoms with Crippen LogP contribution in [0.25, 0.3) is 22.1 Å². The Morgan fingerprint density at radius 3 is 2.48 bits per heavy atom. The van der Waals surface area contributed by atoms with Crippen molar-refractivity contribution in [2.75, 3.05) is 12.4 Å². The van der Waals surface area contributed by atoms with Crippen LogP contribution in [0.3, 0.4) is 0 Å². The fourth-order valence-corrected chi connectivity index (χ4v) is 2.65. The Balaban J connectivity index is 2.10. The largest absolute Gasteiger partial charge is 0.497 e. The molecule has 0 radical (unpaired) electrons. The number of nitrogens with one attached hydrogen (secondary N) is 1. The van der Waals surface area contributed by atoms with Crippen molar-refractivity contribution in [3.63, 3.8) is 0 Å². The lowest BCUT2D eigenvalue weighted by molar-refractivity contribution is 0.0636. The summed E-state index contributed by atoms with van der Waals surface area (Å²) in [6.45, 7) is 5.33. The Kier molecular flexibility index (Phi) is 4.90. The van der Waals surface area contributed by atoms with Gasteiger partial charge in [0.05, 0.1) is 18.4 Å². The van der Waals surface area contributed by atoms with Gasteiger partial charge < -0.3 is 13.9 Å². The maximum absolute atomic E-state index is 12.5. The Labute approximate surface area is 156 Å². The van der Waals surface area contributed by atoms with Crippen LogP contribution >= 0.6 is 0 Å². The minimum Gasteiger partial charge on any atom is -0.497 e. The summed E-state index contributed by atoms with van der Waals surface area (Å²) in [4.78, 5) is 24.7. The third kappa shape index (κ3) is 4.28. The molecule has 3 rings (SSSR count). The topological polar surface area (TPSA) is 77.8 Å². The van der Waals surface area contributed by atoms with Gasteiger partial charge in [0, 0.05) is 10.9 Å². The van der Waals surface area contributed by atoms with Crippen LogP contribution in [0.1, 0.15) is 20.8 Å². The molecule has 0 saturated carbocycles. The van der Waals surface area contributed by atoms with Crippen LogP contribution in [-0.4, -0.2) is 18.8 Å². The van der Waals surface area contributed by atoms with Crippen LogP contribution in [0.2, 0.25) is 0 Å². The minimum absolute atomic E-state index is 0.318. The fourth-order valence-electron chi connectivity index (χ4n) is 2.65. The van der Waals surface area contributed by atoms with Gasteiger partial charge in [-0.2, -0.15) is 0 Å². The summed E-state index contributed by atoms with van der Waals surface area (Å²) < 4.78 is 16.0. The van der Waals surface area contributed by atoms with E-state index in [1.54, 1.807) is 57.2 Å². The lowest BCUT2D eigenvalue weighted by atomic mass is 10.0. The summed E-state index contributed by atoms with van der Waals surface area (Å²) >= 11 is 0. The zero-order valence-electron chi connectivity index (χ0n) is 15.7. The molecule has 0 spiro atoms. The molecular formula is C21H21NO5. The van der Waals surface area contributed by atoms with Crippen LogP contribution in [0.4, 0.5) is 10.5 Å². The second-order valence-corrected chi connectivity index (χ2v) is 7.02. The first-order valence-electron chi connectivity index (χ1n) is 8.48. The van der Waals surface area contributed by atoms with Crippen LogP contribution in [0.5, 0.6) is 5.75 Å². The summed E-state index contributed by atoms with van der Waals surface area (Å²) in [5, 5.41) is 3.47. The Morgan fingerprint density at radius 2 is 1.78 bits per heavy atom. The molecule has 0 aliphatic carbocycles. The number of rotatable bonds is 3. The molecular weight excluding hydrogens is 346 g/mol. The molecule has 0 unspecified atom stereocenters. The Morgan fingerprint density at radius 1 is 1.04 bits per heavy atom. The molecule has 27 heavy (non-hydrogen) atoms. The van der Waals surface area contributed by atoms with Gasteiger partial charge in [0.1, 0.15) is 16.9 Å². The SMILES string of the molecule is COc1ccc(NC(=O)OC(C)(C)C)c(-c2cc3ccccc3oc2=O)c1. The van der Waals surface area contributed by atoms with Gasteiger partial charge in [0.2, 0.25) is 0 Å². The fraction of sp³-hybridized carbons (Fsp3) is 0.238. The molecule has 0 fully saturated rings. The highest BCUT2D eigenvalue weighted by Crippen LogP contribution is 2.32. The molecule has 1 heterocycles. The van der Waals surface area contributed by atoms with Crippen LogP contribution in [0, 0.1) is 0 Å². The predicted octanol–water partition coefficient (Wildman–Crippen LogP) is 4.82. The van der Waals surface area contributed by atoms with Gasteiger partial charge in [-0.1, -0.05) is 18.2 Å². The van der Waals surface area contributed by atoms with Crippen molar-refractivity contribution in [2.24, 2.45) is 0 Å². The molecule has 6 heteroatoms. The van der Waals surface area contributed by atoms with Crippen molar-refractivity contribution in [3.8, 4) is 16.9 Å². The number of ether oxygens (including phenoxy) is 2. The van der Waals surface area contributed by atoms with Gasteiger partial charge >= 0.3 is 11.7 Å². The molecule has 1 N–H and O–H groups in total. The van der Waals surface area contributed by atoms with Crippen molar-refractivity contribution >= 4 is 22.7 Å². The second-order valence-electron chi connectivity index (χ2n) is 7.02. The summed E-state index contributed by atoms with van der Waals surface area (Å²) in [6, 6.07) is 14.0. The van der Waals surface area contributed by atoms with Gasteiger partial charge in [0.25, 0.3) is 0 Å². The first-order valence-corrected chi connectivity index (χ1v) is 8.48. The highest BCUT2D eigenvalue weighted by atomic mass is 16.6. The third-order valence-corrected chi connectivity index (χ3v) is 3.79. The van der Waals surface area contributed by atoms with Gasteiger partial charge in [0.15, 0.2) is 0 Å². The number of para-hydroxylation sites is 1. The van der Waals surface area contributed by atoms with E-state index in [1.165, 1.54) is 7.11 Å². The number of hydrogen-bond acceptors (Lipinski definition) is 5. The molecule has 140 valence electrons. The number of hydrogen-bond donors (Lipinski definition) is 1. The third-order valence-electron chi connectivity index (χ3n) is 3.79. The first-order chi connectivity index (χ1) is 12.8. The highest BCUT2D eigenvalue weighted by molar-refractivity contribution is 5.93. The van der Waals surface area contributed by atoms with E-state index >= 15 is 0 Å². The number of carbonyl (C=O) groups is 1. The summed E-state index contributed by atoms with van der Waals surface area (Å²) in [6.07, 6.45) is -0.612. The van der Waals surface area contributed by atoms with Crippen molar-refractivity contribution in [1.82, 2.24) is 0 Å². The van der Waals surface area contributed by atoms with Gasteiger partial charge in [-0.15, -0.1) is 0 Å². The number of methoxy groups -OCH3 is 1. The lowest BCUT2D eigenvalue weighted by Crippen LogP contribution is -2.27. The van der Waals surface area contributed by atoms with Crippen molar-refractivity contribution in [1.29, 1.82) is 0 Å². The quantitative estimate of drug-likeness (QED) is 0.672. The average molecular weight is 367 g/mol. The van der Waals surface area contributed by atoms with E-state index in [4.69, 9.17) is 13.9 Å². The lowest BCUT2D eigenvalue weighted by Gasteiger charge is -2.20. The molecule has 1 aromatic heterocycles. The van der Waals surface area contributed by atoms with Gasteiger partial charge in [-0.25, -0.2) is 9.59 Å². The summed E-state index contributed by atoms with van der Waals surface area (Å²) in [7, 11) is 1.53. The maximum Gasteiger partial charge on any atom is 0.412 e. The van der Waals surface area contributed by atoms with E-state index in [2.05, 4.69) is 5.32 Å². The molecule has 6 nitrogen and oxygen atoms in total. The van der Waals surface area contributed by atoms with E-state index in [0.717, 1.165) is 5.39 Å². The molecule has 0 aliphatic heterocycles. The van der Waals surface area contributed by atoms with Crippen molar-refractivity contribution in [3.05, 3.63) is 59.0 Å². The van der Waals surface area contributed by atoms with E-state index < -0.39 is 17.3 Å². The van der Waals surface area contributed by atoms with Crippen molar-refractivity contribution in [2.45, 2.75) is 26.4 Å². The monoisotopic (exact) mass is 367 g/mol. The van der Waals surface area contributed by atoms with E-state index in [0.29, 0.717) is 28.1 Å². The van der Waals surface area contributed by atoms with Gasteiger partial charge in [-0.05, 0) is 51.1 Å². The molecule has 0 aliphatic rings. The number of carbonyl (C=O) groups excluding carboxylic acids is 1. The molecule has 0 bridgehead atoms. The summed E-state index contributed by atoms with van der Waals surface area (Å²) in [5.74, 6) is 0.548. The number of benzene rings is 2. The highest BCUT2D eigenvalue weighted by Gasteiger charge is 2.19. The van der Waals surface area contributed by atoms with Crippen LogP contribution in [0.15, 0.2) is 57.7 Å². The Hall–Kier alpha value is -3.28. The average Bonchev–Trinajstić information content (AvgIpc) is 2.60. The Bertz CT molecular complexity index is 1050. The molecule has 2 aromatic carbocycles. The first kappa shape index (κ1) is 18.5. The predicted molar refractivity (Wildman–Crippen MR) is 104 cm³/mol.